The summed E-state index contributed by atoms with van der Waals surface area (Å²) in [6.07, 6.45) is 0.123. The van der Waals surface area contributed by atoms with Crippen molar-refractivity contribution < 1.29 is 24.6 Å². The first-order valence-corrected chi connectivity index (χ1v) is 3.99. The zero-order chi connectivity index (χ0) is 12.4. The molecule has 0 spiro atoms. The van der Waals surface area contributed by atoms with Crippen molar-refractivity contribution in [3.63, 3.8) is 0 Å². The Morgan fingerprint density at radius 3 is 1.80 bits per heavy atom. The predicted molar refractivity (Wildman–Crippen MR) is 50.7 cm³/mol. The van der Waals surface area contributed by atoms with E-state index in [1.165, 1.54) is 0 Å². The Balaban J connectivity index is 0. The van der Waals surface area contributed by atoms with Gasteiger partial charge in [-0.2, -0.15) is 0 Å². The van der Waals surface area contributed by atoms with Gasteiger partial charge in [0, 0.05) is 6.42 Å². The van der Waals surface area contributed by atoms with Crippen LogP contribution in [-0.2, 0) is 14.4 Å². The Morgan fingerprint density at radius 2 is 1.60 bits per heavy atom. The number of carbonyl (C=O) groups excluding carboxylic acids is 1. The maximum Gasteiger partial charge on any atom is 0.320 e. The molecule has 8 heteroatoms. The van der Waals surface area contributed by atoms with E-state index in [-0.39, 0.29) is 19.4 Å². The number of nitrogens with two attached hydrogens (primary N) is 3. The maximum absolute atomic E-state index is 10.1. The van der Waals surface area contributed by atoms with Crippen LogP contribution in [0, 0.1) is 0 Å². The van der Waals surface area contributed by atoms with Crippen LogP contribution >= 0.6 is 0 Å². The maximum atomic E-state index is 10.1. The number of primary amides is 1. The van der Waals surface area contributed by atoms with Gasteiger partial charge in [0.15, 0.2) is 0 Å². The molecule has 0 aliphatic rings. The van der Waals surface area contributed by atoms with Crippen LogP contribution in [0.2, 0.25) is 0 Å². The van der Waals surface area contributed by atoms with Crippen LogP contribution in [0.5, 0.6) is 0 Å². The predicted octanol–water partition coefficient (Wildman–Crippen LogP) is -2.31. The average Bonchev–Trinajstić information content (AvgIpc) is 2.14. The molecular formula is C7H15N3O5. The quantitative estimate of drug-likeness (QED) is 0.347. The lowest BCUT2D eigenvalue weighted by molar-refractivity contribution is -0.139. The standard InChI is InChI=1S/C5H10N2O3.C2H5NO2/c6-3(5(9)10)1-2-4(7)8;3-1-2(4)5/h3H,1-2,6H2,(H2,7,8)(H,9,10);1,3H2,(H,4,5)/t3-;/m0./s1. The number of hydrogen-bond acceptors (Lipinski definition) is 5. The molecular weight excluding hydrogens is 206 g/mol. The number of amides is 1. The SMILES string of the molecule is NC(=O)CC[C@H](N)C(=O)O.NCC(=O)O. The highest BCUT2D eigenvalue weighted by Gasteiger charge is 2.11. The van der Waals surface area contributed by atoms with Gasteiger partial charge in [0.25, 0.3) is 0 Å². The second kappa shape index (κ2) is 8.91. The second-order valence-electron chi connectivity index (χ2n) is 2.55. The van der Waals surface area contributed by atoms with Crippen LogP contribution in [0.25, 0.3) is 0 Å². The molecule has 0 aliphatic heterocycles. The van der Waals surface area contributed by atoms with Crippen LogP contribution in [0.15, 0.2) is 0 Å². The number of carboxylic acids is 2. The van der Waals surface area contributed by atoms with Gasteiger partial charge >= 0.3 is 11.9 Å². The second-order valence-corrected chi connectivity index (χ2v) is 2.55. The fourth-order valence-electron chi connectivity index (χ4n) is 0.421. The highest BCUT2D eigenvalue weighted by atomic mass is 16.4. The van der Waals surface area contributed by atoms with Crippen molar-refractivity contribution in [3.05, 3.63) is 0 Å². The number of carboxylic acid groups (broad SMARTS) is 2. The molecule has 0 aromatic carbocycles. The Bertz CT molecular complexity index is 231. The van der Waals surface area contributed by atoms with E-state index in [1.807, 2.05) is 0 Å². The Labute approximate surface area is 86.0 Å². The molecule has 0 aromatic heterocycles. The summed E-state index contributed by atoms with van der Waals surface area (Å²) >= 11 is 0. The monoisotopic (exact) mass is 221 g/mol. The van der Waals surface area contributed by atoms with Crippen LogP contribution < -0.4 is 17.2 Å². The molecule has 88 valence electrons. The molecule has 0 bridgehead atoms. The molecule has 8 nitrogen and oxygen atoms in total. The fraction of sp³-hybridized carbons (Fsp3) is 0.571. The molecule has 0 radical (unpaired) electrons. The number of hydrogen-bond donors (Lipinski definition) is 5. The number of carbonyl (C=O) groups is 3. The average molecular weight is 221 g/mol. The van der Waals surface area contributed by atoms with Crippen molar-refractivity contribution in [3.8, 4) is 0 Å². The number of aliphatic carboxylic acids is 2. The van der Waals surface area contributed by atoms with Crippen LogP contribution in [0.1, 0.15) is 12.8 Å². The third kappa shape index (κ3) is 15.1. The Morgan fingerprint density at radius 1 is 1.20 bits per heavy atom. The summed E-state index contributed by atoms with van der Waals surface area (Å²) in [5.41, 5.74) is 14.4. The van der Waals surface area contributed by atoms with E-state index in [0.29, 0.717) is 0 Å². The van der Waals surface area contributed by atoms with Crippen LogP contribution in [0.4, 0.5) is 0 Å². The minimum absolute atomic E-state index is 0.0213. The molecule has 0 fully saturated rings. The summed E-state index contributed by atoms with van der Waals surface area (Å²) in [4.78, 5) is 29.4. The van der Waals surface area contributed by atoms with Gasteiger partial charge in [0.2, 0.25) is 5.91 Å². The summed E-state index contributed by atoms with van der Waals surface area (Å²) in [5.74, 6) is -2.61. The van der Waals surface area contributed by atoms with Crippen molar-refractivity contribution in [1.29, 1.82) is 0 Å². The largest absolute Gasteiger partial charge is 0.480 e. The van der Waals surface area contributed by atoms with Gasteiger partial charge < -0.3 is 27.4 Å². The van der Waals surface area contributed by atoms with E-state index in [4.69, 9.17) is 21.7 Å². The molecule has 0 rings (SSSR count). The Hall–Kier alpha value is -1.67. The van der Waals surface area contributed by atoms with Crippen molar-refractivity contribution in [2.24, 2.45) is 17.2 Å². The normalized spacial score (nSPS) is 10.8. The van der Waals surface area contributed by atoms with E-state index >= 15 is 0 Å². The van der Waals surface area contributed by atoms with Crippen LogP contribution in [0.3, 0.4) is 0 Å². The highest BCUT2D eigenvalue weighted by molar-refractivity contribution is 5.76. The topological polar surface area (TPSA) is 170 Å². The van der Waals surface area contributed by atoms with Gasteiger partial charge in [-0.05, 0) is 6.42 Å². The zero-order valence-corrected chi connectivity index (χ0v) is 8.05. The smallest absolute Gasteiger partial charge is 0.320 e. The summed E-state index contributed by atoms with van der Waals surface area (Å²) in [7, 11) is 0. The molecule has 0 unspecified atom stereocenters. The molecule has 15 heavy (non-hydrogen) atoms. The van der Waals surface area contributed by atoms with Gasteiger partial charge in [0.05, 0.1) is 6.54 Å². The van der Waals surface area contributed by atoms with Crippen LogP contribution in [-0.4, -0.2) is 40.6 Å². The number of rotatable bonds is 5. The van der Waals surface area contributed by atoms with Gasteiger partial charge in [-0.25, -0.2) is 0 Å². The summed E-state index contributed by atoms with van der Waals surface area (Å²) in [5, 5.41) is 15.8. The molecule has 0 saturated heterocycles. The lowest BCUT2D eigenvalue weighted by Crippen LogP contribution is -2.31. The van der Waals surface area contributed by atoms with Gasteiger partial charge in [-0.15, -0.1) is 0 Å². The van der Waals surface area contributed by atoms with E-state index in [0.717, 1.165) is 0 Å². The zero-order valence-electron chi connectivity index (χ0n) is 8.05. The summed E-state index contributed by atoms with van der Waals surface area (Å²) in [6.45, 7) is -0.278. The van der Waals surface area contributed by atoms with Crippen molar-refractivity contribution in [1.82, 2.24) is 0 Å². The van der Waals surface area contributed by atoms with Gasteiger partial charge in [-0.3, -0.25) is 14.4 Å². The third-order valence-corrected chi connectivity index (χ3v) is 1.19. The lowest BCUT2D eigenvalue weighted by Gasteiger charge is -2.01. The van der Waals surface area contributed by atoms with E-state index in [2.05, 4.69) is 5.73 Å². The highest BCUT2D eigenvalue weighted by Crippen LogP contribution is 1.92. The lowest BCUT2D eigenvalue weighted by atomic mass is 10.2. The molecule has 1 atom stereocenters. The van der Waals surface area contributed by atoms with E-state index in [9.17, 15) is 14.4 Å². The third-order valence-electron chi connectivity index (χ3n) is 1.19. The first-order valence-electron chi connectivity index (χ1n) is 3.99. The van der Waals surface area contributed by atoms with Crippen molar-refractivity contribution >= 4 is 17.8 Å². The first kappa shape index (κ1) is 15.8. The van der Waals surface area contributed by atoms with E-state index < -0.39 is 23.9 Å². The fourth-order valence-corrected chi connectivity index (χ4v) is 0.421. The summed E-state index contributed by atoms with van der Waals surface area (Å²) < 4.78 is 0. The molecule has 0 aliphatic carbocycles. The Kier molecular flexibility index (Phi) is 9.37. The molecule has 0 heterocycles. The van der Waals surface area contributed by atoms with Crippen molar-refractivity contribution in [2.75, 3.05) is 6.54 Å². The molecule has 0 saturated carbocycles. The molecule has 1 amide bonds. The van der Waals surface area contributed by atoms with Gasteiger partial charge in [-0.1, -0.05) is 0 Å². The molecule has 8 N–H and O–H groups in total. The minimum Gasteiger partial charge on any atom is -0.480 e. The van der Waals surface area contributed by atoms with Gasteiger partial charge in [0.1, 0.15) is 6.04 Å². The van der Waals surface area contributed by atoms with E-state index in [1.54, 1.807) is 0 Å². The summed E-state index contributed by atoms with van der Waals surface area (Å²) in [6, 6.07) is -0.979. The first-order chi connectivity index (χ1) is 6.81. The molecule has 0 aromatic rings. The van der Waals surface area contributed by atoms with Crippen molar-refractivity contribution in [2.45, 2.75) is 18.9 Å². The minimum atomic E-state index is -1.11.